The monoisotopic (exact) mass is 318 g/mol. The van der Waals surface area contributed by atoms with Crippen molar-refractivity contribution in [2.24, 2.45) is 5.14 Å². The number of carbonyl (C=O) groups excluding carboxylic acids is 1. The number of nitrogens with two attached hydrogens (primary N) is 1. The van der Waals surface area contributed by atoms with Gasteiger partial charge in [-0.1, -0.05) is 18.2 Å². The van der Waals surface area contributed by atoms with Gasteiger partial charge < -0.3 is 5.32 Å². The lowest BCUT2D eigenvalue weighted by Crippen LogP contribution is -2.23. The third-order valence-corrected chi connectivity index (χ3v) is 4.40. The van der Waals surface area contributed by atoms with Gasteiger partial charge in [-0.2, -0.15) is 0 Å². The molecule has 2 rings (SSSR count). The maximum absolute atomic E-state index is 12.1. The van der Waals surface area contributed by atoms with Crippen molar-refractivity contribution >= 4 is 15.9 Å². The van der Waals surface area contributed by atoms with E-state index in [0.717, 1.165) is 16.7 Å². The Labute approximate surface area is 130 Å². The summed E-state index contributed by atoms with van der Waals surface area (Å²) in [5, 5.41) is 7.83. The van der Waals surface area contributed by atoms with Crippen molar-refractivity contribution in [3.8, 4) is 0 Å². The molecule has 0 aliphatic carbocycles. The maximum atomic E-state index is 12.1. The fraction of sp³-hybridized carbons (Fsp3) is 0.188. The standard InChI is InChI=1S/C16H18N2O3S/c1-11-3-6-14(9-12(11)2)16(19)18-10-13-4-7-15(8-5-13)22(17,20)21/h3-9H,10H2,1-2H3,(H,18,19)(H2,17,20,21). The number of benzene rings is 2. The Morgan fingerprint density at radius 3 is 2.23 bits per heavy atom. The van der Waals surface area contributed by atoms with Crippen LogP contribution in [-0.2, 0) is 16.6 Å². The molecule has 0 heterocycles. The number of aryl methyl sites for hydroxylation is 2. The molecular weight excluding hydrogens is 300 g/mol. The molecular formula is C16H18N2O3S. The zero-order chi connectivity index (χ0) is 16.3. The van der Waals surface area contributed by atoms with Crippen molar-refractivity contribution in [1.82, 2.24) is 5.32 Å². The quantitative estimate of drug-likeness (QED) is 0.902. The normalized spacial score (nSPS) is 11.2. The van der Waals surface area contributed by atoms with Gasteiger partial charge in [-0.15, -0.1) is 0 Å². The number of hydrogen-bond donors (Lipinski definition) is 2. The second-order valence-corrected chi connectivity index (χ2v) is 6.73. The third kappa shape index (κ3) is 3.93. The summed E-state index contributed by atoms with van der Waals surface area (Å²) < 4.78 is 22.3. The molecule has 0 aliphatic rings. The van der Waals surface area contributed by atoms with Crippen LogP contribution in [0.2, 0.25) is 0 Å². The summed E-state index contributed by atoms with van der Waals surface area (Å²) in [6, 6.07) is 11.6. The second kappa shape index (κ2) is 6.29. The molecule has 0 fully saturated rings. The number of nitrogens with one attached hydrogen (secondary N) is 1. The molecule has 6 heteroatoms. The zero-order valence-electron chi connectivity index (χ0n) is 12.5. The summed E-state index contributed by atoms with van der Waals surface area (Å²) in [7, 11) is -3.69. The predicted molar refractivity (Wildman–Crippen MR) is 84.9 cm³/mol. The molecule has 0 saturated carbocycles. The number of hydrogen-bond acceptors (Lipinski definition) is 3. The van der Waals surface area contributed by atoms with Gasteiger partial charge in [-0.05, 0) is 54.8 Å². The van der Waals surface area contributed by atoms with Crippen LogP contribution in [0.3, 0.4) is 0 Å². The molecule has 116 valence electrons. The Morgan fingerprint density at radius 1 is 1.05 bits per heavy atom. The molecule has 22 heavy (non-hydrogen) atoms. The highest BCUT2D eigenvalue weighted by atomic mass is 32.2. The second-order valence-electron chi connectivity index (χ2n) is 5.17. The van der Waals surface area contributed by atoms with E-state index in [2.05, 4.69) is 5.32 Å². The summed E-state index contributed by atoms with van der Waals surface area (Å²) in [6.07, 6.45) is 0. The highest BCUT2D eigenvalue weighted by molar-refractivity contribution is 7.89. The molecule has 0 aliphatic heterocycles. The smallest absolute Gasteiger partial charge is 0.251 e. The summed E-state index contributed by atoms with van der Waals surface area (Å²) in [5.41, 5.74) is 3.59. The van der Waals surface area contributed by atoms with Crippen LogP contribution in [0.4, 0.5) is 0 Å². The van der Waals surface area contributed by atoms with Gasteiger partial charge in [0.1, 0.15) is 0 Å². The van der Waals surface area contributed by atoms with Gasteiger partial charge in [0, 0.05) is 12.1 Å². The Bertz CT molecular complexity index is 797. The first-order valence-electron chi connectivity index (χ1n) is 6.74. The Kier molecular flexibility index (Phi) is 4.63. The van der Waals surface area contributed by atoms with Gasteiger partial charge in [0.2, 0.25) is 10.0 Å². The molecule has 0 unspecified atom stereocenters. The average molecular weight is 318 g/mol. The third-order valence-electron chi connectivity index (χ3n) is 3.47. The van der Waals surface area contributed by atoms with Crippen LogP contribution in [0, 0.1) is 13.8 Å². The molecule has 0 spiro atoms. The van der Waals surface area contributed by atoms with E-state index < -0.39 is 10.0 Å². The fourth-order valence-corrected chi connectivity index (χ4v) is 2.48. The summed E-state index contributed by atoms with van der Waals surface area (Å²) in [6.45, 7) is 4.26. The van der Waals surface area contributed by atoms with Crippen LogP contribution in [0.1, 0.15) is 27.0 Å². The minimum atomic E-state index is -3.69. The summed E-state index contributed by atoms with van der Waals surface area (Å²) >= 11 is 0. The number of amides is 1. The topological polar surface area (TPSA) is 89.3 Å². The number of carbonyl (C=O) groups is 1. The van der Waals surface area contributed by atoms with Crippen molar-refractivity contribution in [3.05, 3.63) is 64.7 Å². The Morgan fingerprint density at radius 2 is 1.68 bits per heavy atom. The molecule has 0 bridgehead atoms. The van der Waals surface area contributed by atoms with Gasteiger partial charge in [0.15, 0.2) is 0 Å². The van der Waals surface area contributed by atoms with Gasteiger partial charge in [0.25, 0.3) is 5.91 Å². The number of primary sulfonamides is 1. The largest absolute Gasteiger partial charge is 0.348 e. The summed E-state index contributed by atoms with van der Waals surface area (Å²) in [4.78, 5) is 12.1. The number of sulfonamides is 1. The summed E-state index contributed by atoms with van der Waals surface area (Å²) in [5.74, 6) is -0.168. The van der Waals surface area contributed by atoms with Gasteiger partial charge in [0.05, 0.1) is 4.90 Å². The Hall–Kier alpha value is -2.18. The first-order chi connectivity index (χ1) is 10.3. The van der Waals surface area contributed by atoms with E-state index in [4.69, 9.17) is 5.14 Å². The molecule has 0 aromatic heterocycles. The van der Waals surface area contributed by atoms with E-state index in [1.54, 1.807) is 18.2 Å². The molecule has 0 atom stereocenters. The van der Waals surface area contributed by atoms with E-state index in [1.165, 1.54) is 12.1 Å². The van der Waals surface area contributed by atoms with E-state index in [-0.39, 0.29) is 10.8 Å². The molecule has 0 radical (unpaired) electrons. The highest BCUT2D eigenvalue weighted by Crippen LogP contribution is 2.11. The van der Waals surface area contributed by atoms with Crippen LogP contribution >= 0.6 is 0 Å². The molecule has 2 aromatic carbocycles. The lowest BCUT2D eigenvalue weighted by Gasteiger charge is -2.08. The predicted octanol–water partition coefficient (Wildman–Crippen LogP) is 1.88. The molecule has 0 saturated heterocycles. The van der Waals surface area contributed by atoms with Crippen LogP contribution in [-0.4, -0.2) is 14.3 Å². The first kappa shape index (κ1) is 16.2. The first-order valence-corrected chi connectivity index (χ1v) is 8.29. The lowest BCUT2D eigenvalue weighted by atomic mass is 10.1. The van der Waals surface area contributed by atoms with Crippen LogP contribution in [0.5, 0.6) is 0 Å². The van der Waals surface area contributed by atoms with Crippen molar-refractivity contribution < 1.29 is 13.2 Å². The zero-order valence-corrected chi connectivity index (χ0v) is 13.3. The molecule has 2 aromatic rings. The van der Waals surface area contributed by atoms with Gasteiger partial charge >= 0.3 is 0 Å². The molecule has 3 N–H and O–H groups in total. The van der Waals surface area contributed by atoms with Crippen LogP contribution in [0.25, 0.3) is 0 Å². The Balaban J connectivity index is 2.03. The average Bonchev–Trinajstić information content (AvgIpc) is 2.47. The van der Waals surface area contributed by atoms with Crippen molar-refractivity contribution in [1.29, 1.82) is 0 Å². The van der Waals surface area contributed by atoms with E-state index in [1.807, 2.05) is 26.0 Å². The van der Waals surface area contributed by atoms with E-state index >= 15 is 0 Å². The van der Waals surface area contributed by atoms with E-state index in [9.17, 15) is 13.2 Å². The SMILES string of the molecule is Cc1ccc(C(=O)NCc2ccc(S(N)(=O)=O)cc2)cc1C. The highest BCUT2D eigenvalue weighted by Gasteiger charge is 2.08. The minimum absolute atomic E-state index is 0.0525. The fourth-order valence-electron chi connectivity index (χ4n) is 1.96. The van der Waals surface area contributed by atoms with Crippen molar-refractivity contribution in [2.45, 2.75) is 25.3 Å². The lowest BCUT2D eigenvalue weighted by molar-refractivity contribution is 0.0951. The van der Waals surface area contributed by atoms with Gasteiger partial charge in [-0.25, -0.2) is 13.6 Å². The maximum Gasteiger partial charge on any atom is 0.251 e. The van der Waals surface area contributed by atoms with E-state index in [0.29, 0.717) is 12.1 Å². The molecule has 5 nitrogen and oxygen atoms in total. The van der Waals surface area contributed by atoms with Crippen molar-refractivity contribution in [3.63, 3.8) is 0 Å². The van der Waals surface area contributed by atoms with Crippen molar-refractivity contribution in [2.75, 3.05) is 0 Å². The minimum Gasteiger partial charge on any atom is -0.348 e. The van der Waals surface area contributed by atoms with Crippen LogP contribution in [0.15, 0.2) is 47.4 Å². The molecule has 1 amide bonds. The van der Waals surface area contributed by atoms with Crippen LogP contribution < -0.4 is 10.5 Å². The number of rotatable bonds is 4. The van der Waals surface area contributed by atoms with Gasteiger partial charge in [-0.3, -0.25) is 4.79 Å².